The van der Waals surface area contributed by atoms with Crippen LogP contribution in [0.1, 0.15) is 23.2 Å². The van der Waals surface area contributed by atoms with Gasteiger partial charge in [0.1, 0.15) is 6.04 Å². The number of phenolic OH excluding ortho intramolecular Hbond substituents is 2. The Hall–Kier alpha value is -2.22. The number of hydrogen-bond acceptors (Lipinski definition) is 4. The van der Waals surface area contributed by atoms with Crippen molar-refractivity contribution >= 4 is 5.91 Å². The van der Waals surface area contributed by atoms with E-state index in [1.165, 1.54) is 18.2 Å². The maximum Gasteiger partial charge on any atom is 0.252 e. The summed E-state index contributed by atoms with van der Waals surface area (Å²) in [6, 6.07) is 5.38. The monoisotopic (exact) mass is 232 g/mol. The summed E-state index contributed by atoms with van der Waals surface area (Å²) >= 11 is 0. The molecular weight excluding hydrogens is 220 g/mol. The predicted molar refractivity (Wildman–Crippen MR) is 59.4 cm³/mol. The van der Waals surface area contributed by atoms with Crippen molar-refractivity contribution < 1.29 is 15.0 Å². The molecule has 0 aromatic heterocycles. The van der Waals surface area contributed by atoms with Crippen molar-refractivity contribution in [2.24, 2.45) is 5.92 Å². The van der Waals surface area contributed by atoms with Gasteiger partial charge in [-0.15, -0.1) is 0 Å². The summed E-state index contributed by atoms with van der Waals surface area (Å²) < 4.78 is 0. The van der Waals surface area contributed by atoms with E-state index in [1.807, 2.05) is 6.07 Å². The van der Waals surface area contributed by atoms with Crippen molar-refractivity contribution in [2.45, 2.75) is 18.9 Å². The predicted octanol–water partition coefficient (Wildman–Crippen LogP) is 1.13. The van der Waals surface area contributed by atoms with E-state index in [4.69, 9.17) is 10.4 Å². The molecule has 1 aromatic carbocycles. The van der Waals surface area contributed by atoms with Crippen LogP contribution in [0.2, 0.25) is 0 Å². The highest BCUT2D eigenvalue weighted by Gasteiger charge is 2.32. The first-order valence-electron chi connectivity index (χ1n) is 5.34. The fourth-order valence-electron chi connectivity index (χ4n) is 1.57. The van der Waals surface area contributed by atoms with E-state index in [0.717, 1.165) is 12.8 Å². The third-order valence-electron chi connectivity index (χ3n) is 2.76. The van der Waals surface area contributed by atoms with Gasteiger partial charge in [0.25, 0.3) is 5.91 Å². The Morgan fingerprint density at radius 1 is 1.41 bits per heavy atom. The van der Waals surface area contributed by atoms with Gasteiger partial charge in [-0.1, -0.05) is 0 Å². The molecule has 5 heteroatoms. The maximum absolute atomic E-state index is 11.8. The lowest BCUT2D eigenvalue weighted by molar-refractivity contribution is 0.0941. The SMILES string of the molecule is N#CC(NC(=O)c1ccc(O)c(O)c1)C1CC1. The molecule has 1 amide bonds. The molecule has 5 nitrogen and oxygen atoms in total. The number of amides is 1. The van der Waals surface area contributed by atoms with E-state index in [2.05, 4.69) is 5.32 Å². The van der Waals surface area contributed by atoms with Crippen LogP contribution in [0.15, 0.2) is 18.2 Å². The first kappa shape index (κ1) is 11.3. The van der Waals surface area contributed by atoms with Gasteiger partial charge in [0.05, 0.1) is 6.07 Å². The topological polar surface area (TPSA) is 93.4 Å². The molecule has 2 rings (SSSR count). The van der Waals surface area contributed by atoms with Gasteiger partial charge in [0.15, 0.2) is 11.5 Å². The van der Waals surface area contributed by atoms with Crippen LogP contribution in [0.4, 0.5) is 0 Å². The number of benzene rings is 1. The molecule has 88 valence electrons. The van der Waals surface area contributed by atoms with Crippen LogP contribution < -0.4 is 5.32 Å². The summed E-state index contributed by atoms with van der Waals surface area (Å²) in [7, 11) is 0. The van der Waals surface area contributed by atoms with Crippen LogP contribution in [0, 0.1) is 17.2 Å². The Bertz CT molecular complexity index is 489. The van der Waals surface area contributed by atoms with Gasteiger partial charge in [0.2, 0.25) is 0 Å². The highest BCUT2D eigenvalue weighted by molar-refractivity contribution is 5.95. The molecule has 0 saturated heterocycles. The summed E-state index contributed by atoms with van der Waals surface area (Å²) in [5.74, 6) is -0.799. The van der Waals surface area contributed by atoms with Crippen LogP contribution in [-0.4, -0.2) is 22.2 Å². The zero-order valence-corrected chi connectivity index (χ0v) is 9.05. The van der Waals surface area contributed by atoms with E-state index < -0.39 is 11.9 Å². The summed E-state index contributed by atoms with van der Waals surface area (Å²) in [6.45, 7) is 0. The summed E-state index contributed by atoms with van der Waals surface area (Å²) in [5.41, 5.74) is 0.223. The highest BCUT2D eigenvalue weighted by atomic mass is 16.3. The lowest BCUT2D eigenvalue weighted by Crippen LogP contribution is -2.35. The summed E-state index contributed by atoms with van der Waals surface area (Å²) in [6.07, 6.45) is 1.92. The summed E-state index contributed by atoms with van der Waals surface area (Å²) in [5, 5.41) is 29.9. The normalized spacial score (nSPS) is 15.9. The molecule has 3 N–H and O–H groups in total. The van der Waals surface area contributed by atoms with Crippen LogP contribution >= 0.6 is 0 Å². The molecule has 1 aliphatic rings. The van der Waals surface area contributed by atoms with Crippen LogP contribution in [-0.2, 0) is 0 Å². The molecule has 1 aromatic rings. The second-order valence-corrected chi connectivity index (χ2v) is 4.12. The Balaban J connectivity index is 2.08. The molecule has 1 atom stereocenters. The van der Waals surface area contributed by atoms with Gasteiger partial charge in [-0.3, -0.25) is 4.79 Å². The molecule has 1 fully saturated rings. The number of nitriles is 1. The van der Waals surface area contributed by atoms with Crippen molar-refractivity contribution in [1.82, 2.24) is 5.32 Å². The second kappa shape index (κ2) is 4.34. The Kier molecular flexibility index (Phi) is 2.88. The van der Waals surface area contributed by atoms with Crippen LogP contribution in [0.25, 0.3) is 0 Å². The highest BCUT2D eigenvalue weighted by Crippen LogP contribution is 2.32. The zero-order valence-electron chi connectivity index (χ0n) is 9.05. The molecule has 1 unspecified atom stereocenters. The second-order valence-electron chi connectivity index (χ2n) is 4.12. The minimum Gasteiger partial charge on any atom is -0.504 e. The van der Waals surface area contributed by atoms with Gasteiger partial charge >= 0.3 is 0 Å². The lowest BCUT2D eigenvalue weighted by Gasteiger charge is -2.10. The van der Waals surface area contributed by atoms with Gasteiger partial charge in [-0.2, -0.15) is 5.26 Å². The Morgan fingerprint density at radius 2 is 2.12 bits per heavy atom. The molecule has 17 heavy (non-hydrogen) atoms. The number of nitrogens with one attached hydrogen (secondary N) is 1. The molecule has 0 heterocycles. The number of rotatable bonds is 3. The minimum absolute atomic E-state index is 0.223. The van der Waals surface area contributed by atoms with Crippen molar-refractivity contribution in [3.05, 3.63) is 23.8 Å². The molecule has 1 aliphatic carbocycles. The van der Waals surface area contributed by atoms with Crippen LogP contribution in [0.3, 0.4) is 0 Å². The number of aromatic hydroxyl groups is 2. The van der Waals surface area contributed by atoms with Crippen molar-refractivity contribution in [3.8, 4) is 17.6 Å². The van der Waals surface area contributed by atoms with Crippen molar-refractivity contribution in [1.29, 1.82) is 5.26 Å². The molecule has 0 bridgehead atoms. The number of carbonyl (C=O) groups is 1. The van der Waals surface area contributed by atoms with Gasteiger partial charge in [0, 0.05) is 5.56 Å². The van der Waals surface area contributed by atoms with Crippen molar-refractivity contribution in [3.63, 3.8) is 0 Å². The number of phenols is 2. The average molecular weight is 232 g/mol. The Labute approximate surface area is 98.3 Å². The van der Waals surface area contributed by atoms with E-state index >= 15 is 0 Å². The molecular formula is C12H12N2O3. The number of hydrogen-bond donors (Lipinski definition) is 3. The minimum atomic E-state index is -0.474. The average Bonchev–Trinajstić information content (AvgIpc) is 3.13. The van der Waals surface area contributed by atoms with Crippen molar-refractivity contribution in [2.75, 3.05) is 0 Å². The fourth-order valence-corrected chi connectivity index (χ4v) is 1.57. The largest absolute Gasteiger partial charge is 0.504 e. The van der Waals surface area contributed by atoms with E-state index in [1.54, 1.807) is 0 Å². The van der Waals surface area contributed by atoms with Gasteiger partial charge in [-0.05, 0) is 37.0 Å². The standard InChI is InChI=1S/C12H12N2O3/c13-6-9(7-1-2-7)14-12(17)8-3-4-10(15)11(16)5-8/h3-5,7,9,15-16H,1-2H2,(H,14,17). The number of nitrogens with zero attached hydrogens (tertiary/aromatic N) is 1. The van der Waals surface area contributed by atoms with Gasteiger partial charge < -0.3 is 15.5 Å². The smallest absolute Gasteiger partial charge is 0.252 e. The first-order chi connectivity index (χ1) is 8.11. The quantitative estimate of drug-likeness (QED) is 0.681. The molecule has 0 spiro atoms. The molecule has 0 aliphatic heterocycles. The number of carbonyl (C=O) groups excluding carboxylic acids is 1. The maximum atomic E-state index is 11.8. The third kappa shape index (κ3) is 2.48. The molecule has 1 saturated carbocycles. The lowest BCUT2D eigenvalue weighted by atomic mass is 10.1. The first-order valence-corrected chi connectivity index (χ1v) is 5.34. The van der Waals surface area contributed by atoms with E-state index in [-0.39, 0.29) is 23.0 Å². The Morgan fingerprint density at radius 3 is 2.65 bits per heavy atom. The molecule has 0 radical (unpaired) electrons. The summed E-state index contributed by atoms with van der Waals surface area (Å²) in [4.78, 5) is 11.8. The fraction of sp³-hybridized carbons (Fsp3) is 0.333. The zero-order chi connectivity index (χ0) is 12.4. The third-order valence-corrected chi connectivity index (χ3v) is 2.76. The van der Waals surface area contributed by atoms with E-state index in [9.17, 15) is 9.90 Å². The van der Waals surface area contributed by atoms with Crippen LogP contribution in [0.5, 0.6) is 11.5 Å². The van der Waals surface area contributed by atoms with Gasteiger partial charge in [-0.25, -0.2) is 0 Å². The van der Waals surface area contributed by atoms with E-state index in [0.29, 0.717) is 0 Å².